The number of carbonyl (C=O) groups excluding carboxylic acids is 2. The fourth-order valence-electron chi connectivity index (χ4n) is 2.73. The third kappa shape index (κ3) is 3.27. The Labute approximate surface area is 120 Å². The van der Waals surface area contributed by atoms with Crippen molar-refractivity contribution in [3.63, 3.8) is 0 Å². The number of Topliss-reactive ketones (excluding diaryl/α,β-unsaturated/α-hetero) is 1. The fourth-order valence-corrected chi connectivity index (χ4v) is 2.73. The van der Waals surface area contributed by atoms with Crippen molar-refractivity contribution in [2.45, 2.75) is 46.1 Å². The van der Waals surface area contributed by atoms with Gasteiger partial charge in [-0.05, 0) is 30.2 Å². The van der Waals surface area contributed by atoms with Crippen LogP contribution in [0.4, 0.5) is 0 Å². The summed E-state index contributed by atoms with van der Waals surface area (Å²) in [6.45, 7) is 7.46. The van der Waals surface area contributed by atoms with E-state index in [1.807, 2.05) is 39.0 Å². The standard InChI is InChI=1S/C17H23NO2/c1-11(19)15(17(2,3)4)18-16(20)14-10-13(14)12-8-6-5-7-9-12/h5-9,13-15H,10H2,1-4H3,(H,18,20)/t13-,14+,15+/m0/s1. The predicted molar refractivity (Wildman–Crippen MR) is 79.4 cm³/mol. The van der Waals surface area contributed by atoms with Crippen LogP contribution in [0.2, 0.25) is 0 Å². The molecule has 1 amide bonds. The second kappa shape index (κ2) is 5.39. The molecule has 1 aromatic rings. The van der Waals surface area contributed by atoms with Gasteiger partial charge in [0.1, 0.15) is 0 Å². The summed E-state index contributed by atoms with van der Waals surface area (Å²) in [7, 11) is 0. The van der Waals surface area contributed by atoms with E-state index in [-0.39, 0.29) is 23.0 Å². The number of hydrogen-bond donors (Lipinski definition) is 1. The lowest BCUT2D eigenvalue weighted by atomic mass is 9.84. The van der Waals surface area contributed by atoms with Crippen molar-refractivity contribution in [3.05, 3.63) is 35.9 Å². The number of ketones is 1. The molecule has 0 bridgehead atoms. The molecule has 2 rings (SSSR count). The van der Waals surface area contributed by atoms with Gasteiger partial charge in [-0.1, -0.05) is 51.1 Å². The average Bonchev–Trinajstić information content (AvgIpc) is 3.15. The van der Waals surface area contributed by atoms with E-state index in [1.54, 1.807) is 0 Å². The van der Waals surface area contributed by atoms with E-state index in [0.717, 1.165) is 6.42 Å². The van der Waals surface area contributed by atoms with E-state index in [9.17, 15) is 9.59 Å². The predicted octanol–water partition coefficient (Wildman–Crippen LogP) is 2.91. The van der Waals surface area contributed by atoms with Crippen molar-refractivity contribution in [1.82, 2.24) is 5.32 Å². The van der Waals surface area contributed by atoms with Crippen LogP contribution in [-0.2, 0) is 9.59 Å². The molecule has 3 nitrogen and oxygen atoms in total. The van der Waals surface area contributed by atoms with Gasteiger partial charge in [0.2, 0.25) is 5.91 Å². The number of rotatable bonds is 4. The summed E-state index contributed by atoms with van der Waals surface area (Å²) in [6.07, 6.45) is 0.880. The van der Waals surface area contributed by atoms with Gasteiger partial charge in [-0.2, -0.15) is 0 Å². The number of nitrogens with one attached hydrogen (secondary N) is 1. The quantitative estimate of drug-likeness (QED) is 0.917. The van der Waals surface area contributed by atoms with Crippen LogP contribution >= 0.6 is 0 Å². The first kappa shape index (κ1) is 14.8. The summed E-state index contributed by atoms with van der Waals surface area (Å²) < 4.78 is 0. The van der Waals surface area contributed by atoms with E-state index in [0.29, 0.717) is 5.92 Å². The van der Waals surface area contributed by atoms with Gasteiger partial charge >= 0.3 is 0 Å². The molecular weight excluding hydrogens is 250 g/mol. The van der Waals surface area contributed by atoms with Crippen LogP contribution in [-0.4, -0.2) is 17.7 Å². The molecule has 3 atom stereocenters. The number of hydrogen-bond acceptors (Lipinski definition) is 2. The zero-order valence-electron chi connectivity index (χ0n) is 12.6. The maximum absolute atomic E-state index is 12.3. The Morgan fingerprint density at radius 1 is 1.20 bits per heavy atom. The van der Waals surface area contributed by atoms with Crippen molar-refractivity contribution < 1.29 is 9.59 Å². The molecule has 0 aromatic heterocycles. The molecule has 1 aromatic carbocycles. The minimum Gasteiger partial charge on any atom is -0.346 e. The summed E-state index contributed by atoms with van der Waals surface area (Å²) in [6, 6.07) is 9.68. The summed E-state index contributed by atoms with van der Waals surface area (Å²) in [4.78, 5) is 24.0. The first-order valence-electron chi connectivity index (χ1n) is 7.16. The average molecular weight is 273 g/mol. The lowest BCUT2D eigenvalue weighted by Crippen LogP contribution is -2.48. The molecule has 1 saturated carbocycles. The largest absolute Gasteiger partial charge is 0.346 e. The number of carbonyl (C=O) groups is 2. The van der Waals surface area contributed by atoms with Gasteiger partial charge in [-0.25, -0.2) is 0 Å². The summed E-state index contributed by atoms with van der Waals surface area (Å²) in [5.74, 6) is 0.349. The van der Waals surface area contributed by atoms with E-state index in [4.69, 9.17) is 0 Å². The van der Waals surface area contributed by atoms with E-state index >= 15 is 0 Å². The van der Waals surface area contributed by atoms with Crippen molar-refractivity contribution in [2.24, 2.45) is 11.3 Å². The van der Waals surface area contributed by atoms with Gasteiger partial charge in [0.05, 0.1) is 6.04 Å². The molecule has 3 heteroatoms. The van der Waals surface area contributed by atoms with Crippen LogP contribution < -0.4 is 5.32 Å². The Kier molecular flexibility index (Phi) is 3.98. The van der Waals surface area contributed by atoms with Gasteiger partial charge < -0.3 is 5.32 Å². The van der Waals surface area contributed by atoms with Gasteiger partial charge in [-0.15, -0.1) is 0 Å². The van der Waals surface area contributed by atoms with Crippen molar-refractivity contribution >= 4 is 11.7 Å². The van der Waals surface area contributed by atoms with Crippen LogP contribution in [0.1, 0.15) is 45.6 Å². The first-order chi connectivity index (χ1) is 9.30. The number of benzene rings is 1. The highest BCUT2D eigenvalue weighted by atomic mass is 16.2. The van der Waals surface area contributed by atoms with Crippen LogP contribution in [0.25, 0.3) is 0 Å². The zero-order chi connectivity index (χ0) is 14.9. The Bertz CT molecular complexity index is 501. The van der Waals surface area contributed by atoms with E-state index in [1.165, 1.54) is 12.5 Å². The molecule has 20 heavy (non-hydrogen) atoms. The van der Waals surface area contributed by atoms with Crippen molar-refractivity contribution in [3.8, 4) is 0 Å². The summed E-state index contributed by atoms with van der Waals surface area (Å²) in [5, 5.41) is 2.93. The second-order valence-electron chi connectivity index (χ2n) is 6.78. The van der Waals surface area contributed by atoms with Crippen molar-refractivity contribution in [2.75, 3.05) is 0 Å². The first-order valence-corrected chi connectivity index (χ1v) is 7.16. The molecule has 0 aliphatic heterocycles. The Morgan fingerprint density at radius 3 is 2.30 bits per heavy atom. The topological polar surface area (TPSA) is 46.2 Å². The molecule has 1 aliphatic carbocycles. The molecule has 0 radical (unpaired) electrons. The smallest absolute Gasteiger partial charge is 0.224 e. The maximum atomic E-state index is 12.3. The third-order valence-electron chi connectivity index (χ3n) is 3.91. The van der Waals surface area contributed by atoms with Crippen LogP contribution in [0, 0.1) is 11.3 Å². The molecule has 1 aliphatic rings. The molecule has 0 spiro atoms. The molecule has 1 N–H and O–H groups in total. The molecule has 0 heterocycles. The monoisotopic (exact) mass is 273 g/mol. The van der Waals surface area contributed by atoms with E-state index in [2.05, 4.69) is 17.4 Å². The van der Waals surface area contributed by atoms with Gasteiger partial charge in [0.15, 0.2) is 5.78 Å². The van der Waals surface area contributed by atoms with Crippen LogP contribution in [0.3, 0.4) is 0 Å². The lowest BCUT2D eigenvalue weighted by Gasteiger charge is -2.29. The zero-order valence-corrected chi connectivity index (χ0v) is 12.6. The second-order valence-corrected chi connectivity index (χ2v) is 6.78. The lowest BCUT2D eigenvalue weighted by molar-refractivity contribution is -0.129. The van der Waals surface area contributed by atoms with Gasteiger partial charge in [-0.3, -0.25) is 9.59 Å². The Hall–Kier alpha value is -1.64. The summed E-state index contributed by atoms with van der Waals surface area (Å²) >= 11 is 0. The van der Waals surface area contributed by atoms with E-state index < -0.39 is 6.04 Å². The fraction of sp³-hybridized carbons (Fsp3) is 0.529. The summed E-state index contributed by atoms with van der Waals surface area (Å²) in [5.41, 5.74) is 0.960. The minimum atomic E-state index is -0.410. The molecular formula is C17H23NO2. The molecule has 1 fully saturated rings. The van der Waals surface area contributed by atoms with Crippen molar-refractivity contribution in [1.29, 1.82) is 0 Å². The molecule has 0 unspecified atom stereocenters. The third-order valence-corrected chi connectivity index (χ3v) is 3.91. The number of amides is 1. The SMILES string of the molecule is CC(=O)[C@@H](NC(=O)[C@@H]1C[C@H]1c1ccccc1)C(C)(C)C. The molecule has 0 saturated heterocycles. The minimum absolute atomic E-state index is 0.00831. The highest BCUT2D eigenvalue weighted by Gasteiger charge is 2.45. The van der Waals surface area contributed by atoms with Gasteiger partial charge in [0.25, 0.3) is 0 Å². The van der Waals surface area contributed by atoms with Crippen LogP contribution in [0.15, 0.2) is 30.3 Å². The van der Waals surface area contributed by atoms with Gasteiger partial charge in [0, 0.05) is 5.92 Å². The Morgan fingerprint density at radius 2 is 1.80 bits per heavy atom. The maximum Gasteiger partial charge on any atom is 0.224 e. The Balaban J connectivity index is 1.99. The highest BCUT2D eigenvalue weighted by molar-refractivity contribution is 5.90. The molecule has 108 valence electrons. The highest BCUT2D eigenvalue weighted by Crippen LogP contribution is 2.47. The van der Waals surface area contributed by atoms with Crippen LogP contribution in [0.5, 0.6) is 0 Å². The normalized spacial score (nSPS) is 23.0.